The van der Waals surface area contributed by atoms with Crippen LogP contribution in [0.25, 0.3) is 0 Å². The first-order valence-corrected chi connectivity index (χ1v) is 9.67. The Morgan fingerprint density at radius 3 is 2.08 bits per heavy atom. The zero-order valence-corrected chi connectivity index (χ0v) is 15.5. The number of nitriles is 1. The Labute approximate surface area is 157 Å². The van der Waals surface area contributed by atoms with Crippen molar-refractivity contribution >= 4 is 0 Å². The third kappa shape index (κ3) is 5.94. The topological polar surface area (TPSA) is 43.2 Å². The molecule has 2 aromatic rings. The smallest absolute Gasteiger partial charge is 0.0991 e. The first-order valence-electron chi connectivity index (χ1n) is 9.67. The van der Waals surface area contributed by atoms with Gasteiger partial charge in [-0.1, -0.05) is 18.2 Å². The Hall–Kier alpha value is -2.22. The molecule has 0 atom stereocenters. The van der Waals surface area contributed by atoms with Crippen LogP contribution in [0.2, 0.25) is 0 Å². The molecule has 4 nitrogen and oxygen atoms in total. The maximum absolute atomic E-state index is 8.88. The lowest BCUT2D eigenvalue weighted by Gasteiger charge is -2.30. The first kappa shape index (κ1) is 18.6. The Balaban J connectivity index is 1.38. The van der Waals surface area contributed by atoms with E-state index in [1.165, 1.54) is 50.3 Å². The van der Waals surface area contributed by atoms with Gasteiger partial charge in [-0.15, -0.1) is 0 Å². The van der Waals surface area contributed by atoms with Gasteiger partial charge in [0.1, 0.15) is 0 Å². The minimum Gasteiger partial charge on any atom is -0.303 e. The van der Waals surface area contributed by atoms with Crippen molar-refractivity contribution in [2.75, 3.05) is 39.3 Å². The second kappa shape index (κ2) is 10.1. The van der Waals surface area contributed by atoms with Gasteiger partial charge in [0.15, 0.2) is 0 Å². The molecule has 2 heterocycles. The molecule has 0 saturated carbocycles. The minimum absolute atomic E-state index is 0.741. The molecule has 1 aromatic carbocycles. The summed E-state index contributed by atoms with van der Waals surface area (Å²) in [6, 6.07) is 16.4. The second-order valence-electron chi connectivity index (χ2n) is 7.02. The lowest BCUT2D eigenvalue weighted by Crippen LogP contribution is -2.38. The number of hydrogen-bond donors (Lipinski definition) is 0. The van der Waals surface area contributed by atoms with Crippen molar-refractivity contribution in [2.45, 2.75) is 25.7 Å². The average Bonchev–Trinajstić information content (AvgIpc) is 2.68. The molecule has 0 amide bonds. The largest absolute Gasteiger partial charge is 0.303 e. The van der Waals surface area contributed by atoms with Crippen LogP contribution in [0.5, 0.6) is 0 Å². The van der Waals surface area contributed by atoms with Gasteiger partial charge in [0, 0.05) is 31.4 Å². The molecule has 0 aliphatic carbocycles. The average molecular weight is 348 g/mol. The fourth-order valence-electron chi connectivity index (χ4n) is 3.56. The Kier molecular flexibility index (Phi) is 7.18. The van der Waals surface area contributed by atoms with E-state index in [9.17, 15) is 0 Å². The second-order valence-corrected chi connectivity index (χ2v) is 7.02. The molecule has 4 heteroatoms. The monoisotopic (exact) mass is 348 g/mol. The van der Waals surface area contributed by atoms with Gasteiger partial charge in [0.25, 0.3) is 0 Å². The summed E-state index contributed by atoms with van der Waals surface area (Å²) in [7, 11) is 0. The first-order chi connectivity index (χ1) is 12.8. The number of nitrogens with zero attached hydrogens (tertiary/aromatic N) is 4. The molecule has 1 fully saturated rings. The molecule has 1 aliphatic rings. The number of benzene rings is 1. The lowest BCUT2D eigenvalue weighted by molar-refractivity contribution is 0.184. The van der Waals surface area contributed by atoms with Crippen LogP contribution < -0.4 is 0 Å². The highest BCUT2D eigenvalue weighted by Crippen LogP contribution is 2.09. The zero-order valence-electron chi connectivity index (χ0n) is 15.5. The highest BCUT2D eigenvalue weighted by Gasteiger charge is 2.13. The Bertz CT molecular complexity index is 680. The summed E-state index contributed by atoms with van der Waals surface area (Å²) in [5.74, 6) is 0. The van der Waals surface area contributed by atoms with E-state index in [0.29, 0.717) is 0 Å². The molecule has 1 aromatic heterocycles. The van der Waals surface area contributed by atoms with Gasteiger partial charge in [-0.3, -0.25) is 4.98 Å². The standard InChI is InChI=1S/C22H28N4/c23-19-21-8-6-20(7-9-21)10-17-25-13-3-15-26(16-4-14-25)18-11-22-5-1-2-12-24-22/h1-2,5-9,12H,3-4,10-11,13-18H2. The van der Waals surface area contributed by atoms with Crippen molar-refractivity contribution in [3.8, 4) is 6.07 Å². The number of rotatable bonds is 6. The summed E-state index contributed by atoms with van der Waals surface area (Å²) in [5, 5.41) is 8.88. The van der Waals surface area contributed by atoms with E-state index in [4.69, 9.17) is 5.26 Å². The molecular formula is C22H28N4. The number of pyridine rings is 1. The predicted octanol–water partition coefficient (Wildman–Crippen LogP) is 3.14. The quantitative estimate of drug-likeness (QED) is 0.804. The zero-order chi connectivity index (χ0) is 18.0. The van der Waals surface area contributed by atoms with E-state index in [2.05, 4.69) is 45.1 Å². The molecule has 0 unspecified atom stereocenters. The van der Waals surface area contributed by atoms with E-state index in [1.54, 1.807) is 0 Å². The molecule has 0 radical (unpaired) electrons. The van der Waals surface area contributed by atoms with Crippen molar-refractivity contribution in [2.24, 2.45) is 0 Å². The Morgan fingerprint density at radius 2 is 1.50 bits per heavy atom. The lowest BCUT2D eigenvalue weighted by atomic mass is 10.1. The van der Waals surface area contributed by atoms with Gasteiger partial charge in [-0.05, 0) is 75.3 Å². The van der Waals surface area contributed by atoms with E-state index in [0.717, 1.165) is 31.5 Å². The summed E-state index contributed by atoms with van der Waals surface area (Å²) in [4.78, 5) is 9.61. The normalized spacial score (nSPS) is 16.6. The molecule has 0 N–H and O–H groups in total. The summed E-state index contributed by atoms with van der Waals surface area (Å²) in [6.07, 6.45) is 6.46. The van der Waals surface area contributed by atoms with Crippen LogP contribution in [-0.2, 0) is 12.8 Å². The fourth-order valence-corrected chi connectivity index (χ4v) is 3.56. The summed E-state index contributed by atoms with van der Waals surface area (Å²) >= 11 is 0. The molecule has 3 rings (SSSR count). The molecular weight excluding hydrogens is 320 g/mol. The van der Waals surface area contributed by atoms with Crippen molar-refractivity contribution in [3.05, 3.63) is 65.5 Å². The van der Waals surface area contributed by atoms with Crippen molar-refractivity contribution in [3.63, 3.8) is 0 Å². The van der Waals surface area contributed by atoms with Gasteiger partial charge in [-0.25, -0.2) is 0 Å². The molecule has 0 spiro atoms. The highest BCUT2D eigenvalue weighted by atomic mass is 15.2. The van der Waals surface area contributed by atoms with Crippen LogP contribution in [0.1, 0.15) is 29.7 Å². The van der Waals surface area contributed by atoms with Gasteiger partial charge in [0.2, 0.25) is 0 Å². The third-order valence-corrected chi connectivity index (χ3v) is 5.11. The molecule has 1 aliphatic heterocycles. The van der Waals surface area contributed by atoms with Crippen LogP contribution >= 0.6 is 0 Å². The van der Waals surface area contributed by atoms with Crippen LogP contribution in [0.15, 0.2) is 48.7 Å². The van der Waals surface area contributed by atoms with Crippen LogP contribution in [-0.4, -0.2) is 54.1 Å². The predicted molar refractivity (Wildman–Crippen MR) is 105 cm³/mol. The van der Waals surface area contributed by atoms with E-state index in [-0.39, 0.29) is 0 Å². The molecule has 0 bridgehead atoms. The van der Waals surface area contributed by atoms with Gasteiger partial charge < -0.3 is 9.80 Å². The van der Waals surface area contributed by atoms with Crippen LogP contribution in [0, 0.1) is 11.3 Å². The maximum atomic E-state index is 8.88. The minimum atomic E-state index is 0.741. The van der Waals surface area contributed by atoms with Gasteiger partial charge >= 0.3 is 0 Å². The van der Waals surface area contributed by atoms with E-state index < -0.39 is 0 Å². The number of hydrogen-bond acceptors (Lipinski definition) is 4. The molecule has 1 saturated heterocycles. The summed E-state index contributed by atoms with van der Waals surface area (Å²) in [6.45, 7) is 6.94. The van der Waals surface area contributed by atoms with Crippen LogP contribution in [0.3, 0.4) is 0 Å². The van der Waals surface area contributed by atoms with Crippen molar-refractivity contribution in [1.29, 1.82) is 5.26 Å². The number of aromatic nitrogens is 1. The van der Waals surface area contributed by atoms with Crippen LogP contribution in [0.4, 0.5) is 0 Å². The highest BCUT2D eigenvalue weighted by molar-refractivity contribution is 5.31. The summed E-state index contributed by atoms with van der Waals surface area (Å²) < 4.78 is 0. The fraction of sp³-hybridized carbons (Fsp3) is 0.455. The van der Waals surface area contributed by atoms with Gasteiger partial charge in [0.05, 0.1) is 11.6 Å². The Morgan fingerprint density at radius 1 is 0.846 bits per heavy atom. The SMILES string of the molecule is N#Cc1ccc(CCN2CCCN(CCc3ccccn3)CCC2)cc1. The van der Waals surface area contributed by atoms with Gasteiger partial charge in [-0.2, -0.15) is 5.26 Å². The molecule has 136 valence electrons. The van der Waals surface area contributed by atoms with E-state index in [1.807, 2.05) is 24.4 Å². The van der Waals surface area contributed by atoms with Crippen molar-refractivity contribution in [1.82, 2.24) is 14.8 Å². The maximum Gasteiger partial charge on any atom is 0.0991 e. The summed E-state index contributed by atoms with van der Waals surface area (Å²) in [5.41, 5.74) is 3.26. The molecule has 26 heavy (non-hydrogen) atoms. The van der Waals surface area contributed by atoms with Crippen molar-refractivity contribution < 1.29 is 0 Å². The third-order valence-electron chi connectivity index (χ3n) is 5.11. The van der Waals surface area contributed by atoms with E-state index >= 15 is 0 Å².